The fourth-order valence-electron chi connectivity index (χ4n) is 3.18. The summed E-state index contributed by atoms with van der Waals surface area (Å²) in [5.41, 5.74) is 0.363. The Bertz CT molecular complexity index is 721. The third-order valence-electron chi connectivity index (χ3n) is 4.65. The van der Waals surface area contributed by atoms with Crippen LogP contribution in [0.3, 0.4) is 0 Å². The molecule has 2 aromatic rings. The van der Waals surface area contributed by atoms with Crippen molar-refractivity contribution in [2.24, 2.45) is 5.41 Å². The fourth-order valence-corrected chi connectivity index (χ4v) is 3.18. The van der Waals surface area contributed by atoms with E-state index >= 15 is 0 Å². The van der Waals surface area contributed by atoms with Gasteiger partial charge in [-0.3, -0.25) is 9.59 Å². The van der Waals surface area contributed by atoms with Crippen molar-refractivity contribution in [2.45, 2.75) is 32.1 Å². The van der Waals surface area contributed by atoms with Crippen LogP contribution < -0.4 is 5.32 Å². The lowest BCUT2D eigenvalue weighted by Gasteiger charge is -2.33. The Morgan fingerprint density at radius 2 is 2.04 bits per heavy atom. The molecule has 0 bridgehead atoms. The van der Waals surface area contributed by atoms with Crippen molar-refractivity contribution in [1.29, 1.82) is 0 Å². The number of carboxylic acids is 1. The molecule has 24 heavy (non-hydrogen) atoms. The van der Waals surface area contributed by atoms with Gasteiger partial charge in [-0.05, 0) is 31.0 Å². The normalized spacial score (nSPS) is 16.5. The SMILES string of the molecule is O=C(NCC1(C(=O)O)CCCCC1)c1cccc(-n2ccnn2)c1. The zero-order valence-corrected chi connectivity index (χ0v) is 13.3. The molecule has 7 heteroatoms. The first-order chi connectivity index (χ1) is 11.6. The van der Waals surface area contributed by atoms with Gasteiger partial charge in [0.25, 0.3) is 5.91 Å². The molecule has 1 fully saturated rings. The molecule has 3 rings (SSSR count). The summed E-state index contributed by atoms with van der Waals surface area (Å²) in [6.45, 7) is 0.161. The number of aromatic nitrogens is 3. The molecular formula is C17H20N4O3. The highest BCUT2D eigenvalue weighted by Gasteiger charge is 2.39. The number of rotatable bonds is 5. The maximum absolute atomic E-state index is 12.4. The van der Waals surface area contributed by atoms with Gasteiger partial charge in [-0.2, -0.15) is 0 Å². The van der Waals surface area contributed by atoms with Gasteiger partial charge in [0.1, 0.15) is 0 Å². The summed E-state index contributed by atoms with van der Waals surface area (Å²) in [6, 6.07) is 6.99. The average molecular weight is 328 g/mol. The highest BCUT2D eigenvalue weighted by atomic mass is 16.4. The van der Waals surface area contributed by atoms with Crippen LogP contribution >= 0.6 is 0 Å². The second-order valence-corrected chi connectivity index (χ2v) is 6.23. The van der Waals surface area contributed by atoms with Crippen LogP contribution in [0, 0.1) is 5.41 Å². The molecule has 1 heterocycles. The van der Waals surface area contributed by atoms with E-state index in [9.17, 15) is 14.7 Å². The number of benzene rings is 1. The Kier molecular flexibility index (Phi) is 4.59. The molecule has 1 aliphatic rings. The number of amides is 1. The van der Waals surface area contributed by atoms with Gasteiger partial charge in [0.15, 0.2) is 0 Å². The van der Waals surface area contributed by atoms with Crippen LogP contribution in [0.1, 0.15) is 42.5 Å². The highest BCUT2D eigenvalue weighted by molar-refractivity contribution is 5.95. The average Bonchev–Trinajstić information content (AvgIpc) is 3.15. The van der Waals surface area contributed by atoms with Crippen LogP contribution in [0.25, 0.3) is 5.69 Å². The number of carbonyl (C=O) groups excluding carboxylic acids is 1. The molecule has 1 saturated carbocycles. The summed E-state index contributed by atoms with van der Waals surface area (Å²) < 4.78 is 1.57. The van der Waals surface area contributed by atoms with Crippen molar-refractivity contribution in [3.05, 3.63) is 42.2 Å². The van der Waals surface area contributed by atoms with Gasteiger partial charge in [-0.15, -0.1) is 5.10 Å². The monoisotopic (exact) mass is 328 g/mol. The molecule has 0 spiro atoms. The third-order valence-corrected chi connectivity index (χ3v) is 4.65. The van der Waals surface area contributed by atoms with Crippen molar-refractivity contribution >= 4 is 11.9 Å². The molecule has 0 atom stereocenters. The number of nitrogens with zero attached hydrogens (tertiary/aromatic N) is 3. The lowest BCUT2D eigenvalue weighted by atomic mass is 9.74. The van der Waals surface area contributed by atoms with Gasteiger partial charge >= 0.3 is 5.97 Å². The fraction of sp³-hybridized carbons (Fsp3) is 0.412. The molecule has 1 aromatic carbocycles. The second kappa shape index (κ2) is 6.82. The van der Waals surface area contributed by atoms with Gasteiger partial charge in [0.05, 0.1) is 23.5 Å². The molecule has 0 unspecified atom stereocenters. The molecule has 2 N–H and O–H groups in total. The largest absolute Gasteiger partial charge is 0.481 e. The number of aliphatic carboxylic acids is 1. The predicted octanol–water partition coefficient (Wildman–Crippen LogP) is 2.03. The summed E-state index contributed by atoms with van der Waals surface area (Å²) >= 11 is 0. The lowest BCUT2D eigenvalue weighted by molar-refractivity contribution is -0.150. The van der Waals surface area contributed by atoms with Gasteiger partial charge in [0, 0.05) is 12.1 Å². The van der Waals surface area contributed by atoms with Gasteiger partial charge in [0.2, 0.25) is 0 Å². The van der Waals surface area contributed by atoms with Crippen LogP contribution in [0.4, 0.5) is 0 Å². The van der Waals surface area contributed by atoms with Crippen LogP contribution in [-0.4, -0.2) is 38.5 Å². The quantitative estimate of drug-likeness (QED) is 0.875. The zero-order valence-electron chi connectivity index (χ0n) is 13.3. The highest BCUT2D eigenvalue weighted by Crippen LogP contribution is 2.36. The van der Waals surface area contributed by atoms with Crippen LogP contribution in [0.5, 0.6) is 0 Å². The van der Waals surface area contributed by atoms with Crippen LogP contribution in [0.15, 0.2) is 36.7 Å². The minimum Gasteiger partial charge on any atom is -0.481 e. The molecule has 0 aliphatic heterocycles. The number of hydrogen-bond donors (Lipinski definition) is 2. The number of carboxylic acid groups (broad SMARTS) is 1. The standard InChI is InChI=1S/C17H20N4O3/c22-15(18-12-17(16(23)24)7-2-1-3-8-17)13-5-4-6-14(11-13)21-10-9-19-20-21/h4-6,9-11H,1-3,7-8,12H2,(H,18,22)(H,23,24). The van der Waals surface area contributed by atoms with Crippen molar-refractivity contribution in [2.75, 3.05) is 6.54 Å². The lowest BCUT2D eigenvalue weighted by Crippen LogP contribution is -2.44. The van der Waals surface area contributed by atoms with Crippen LogP contribution in [0.2, 0.25) is 0 Å². The number of carbonyl (C=O) groups is 2. The van der Waals surface area contributed by atoms with E-state index in [0.717, 1.165) is 24.9 Å². The molecule has 1 aliphatic carbocycles. The van der Waals surface area contributed by atoms with Crippen molar-refractivity contribution < 1.29 is 14.7 Å². The summed E-state index contributed by atoms with van der Waals surface area (Å²) in [5, 5.41) is 20.0. The van der Waals surface area contributed by atoms with E-state index in [-0.39, 0.29) is 12.5 Å². The maximum Gasteiger partial charge on any atom is 0.311 e. The summed E-state index contributed by atoms with van der Waals surface area (Å²) in [7, 11) is 0. The molecule has 0 saturated heterocycles. The summed E-state index contributed by atoms with van der Waals surface area (Å²) in [6.07, 6.45) is 7.32. The topological polar surface area (TPSA) is 97.1 Å². The van der Waals surface area contributed by atoms with E-state index in [0.29, 0.717) is 18.4 Å². The number of nitrogens with one attached hydrogen (secondary N) is 1. The Hall–Kier alpha value is -2.70. The Balaban J connectivity index is 1.71. The first-order valence-corrected chi connectivity index (χ1v) is 8.09. The van der Waals surface area contributed by atoms with E-state index < -0.39 is 11.4 Å². The first kappa shape index (κ1) is 16.2. The van der Waals surface area contributed by atoms with Gasteiger partial charge in [-0.25, -0.2) is 4.68 Å². The summed E-state index contributed by atoms with van der Waals surface area (Å²) in [4.78, 5) is 24.1. The predicted molar refractivity (Wildman–Crippen MR) is 86.8 cm³/mol. The van der Waals surface area contributed by atoms with E-state index in [1.165, 1.54) is 0 Å². The van der Waals surface area contributed by atoms with Crippen molar-refractivity contribution in [3.63, 3.8) is 0 Å². The van der Waals surface area contributed by atoms with Crippen molar-refractivity contribution in [3.8, 4) is 5.69 Å². The first-order valence-electron chi connectivity index (χ1n) is 8.09. The molecule has 0 radical (unpaired) electrons. The maximum atomic E-state index is 12.4. The molecule has 1 amide bonds. The minimum atomic E-state index is -0.836. The Labute approximate surface area is 139 Å². The Morgan fingerprint density at radius 1 is 1.25 bits per heavy atom. The van der Waals surface area contributed by atoms with E-state index in [4.69, 9.17) is 0 Å². The number of hydrogen-bond acceptors (Lipinski definition) is 4. The Morgan fingerprint density at radius 3 is 2.71 bits per heavy atom. The smallest absolute Gasteiger partial charge is 0.311 e. The molecular weight excluding hydrogens is 308 g/mol. The van der Waals surface area contributed by atoms with Crippen molar-refractivity contribution in [1.82, 2.24) is 20.3 Å². The van der Waals surface area contributed by atoms with E-state index in [1.807, 2.05) is 6.07 Å². The van der Waals surface area contributed by atoms with Crippen LogP contribution in [-0.2, 0) is 4.79 Å². The molecule has 1 aromatic heterocycles. The molecule has 126 valence electrons. The van der Waals surface area contributed by atoms with E-state index in [2.05, 4.69) is 15.6 Å². The molecule has 7 nitrogen and oxygen atoms in total. The van der Waals surface area contributed by atoms with Gasteiger partial charge < -0.3 is 10.4 Å². The summed E-state index contributed by atoms with van der Waals surface area (Å²) in [5.74, 6) is -1.10. The second-order valence-electron chi connectivity index (χ2n) is 6.23. The van der Waals surface area contributed by atoms with E-state index in [1.54, 1.807) is 35.3 Å². The van der Waals surface area contributed by atoms with Gasteiger partial charge in [-0.1, -0.05) is 30.5 Å². The zero-order chi connectivity index (χ0) is 17.0. The third kappa shape index (κ3) is 3.29. The minimum absolute atomic E-state index is 0.161.